The summed E-state index contributed by atoms with van der Waals surface area (Å²) in [5, 5.41) is 12.2. The molecule has 2 aliphatic rings. The average Bonchev–Trinajstić information content (AvgIpc) is 3.96. The minimum Gasteiger partial charge on any atom is -0.465 e. The summed E-state index contributed by atoms with van der Waals surface area (Å²) >= 11 is 0. The number of nitrogens with zero attached hydrogens (tertiary/aromatic N) is 5. The minimum atomic E-state index is -1.14. The van der Waals surface area contributed by atoms with Crippen LogP contribution in [0.25, 0.3) is 22.1 Å². The van der Waals surface area contributed by atoms with Crippen LogP contribution in [0, 0.1) is 35.5 Å². The number of rotatable bonds is 8. The largest absolute Gasteiger partial charge is 0.465 e. The van der Waals surface area contributed by atoms with Crippen LogP contribution in [0.2, 0.25) is 0 Å². The van der Waals surface area contributed by atoms with Crippen molar-refractivity contribution in [2.75, 3.05) is 27.2 Å². The lowest BCUT2D eigenvalue weighted by Crippen LogP contribution is -2.51. The molecule has 14 heteroatoms. The van der Waals surface area contributed by atoms with E-state index in [0.29, 0.717) is 30.3 Å². The normalized spacial score (nSPS) is 17.9. The zero-order valence-electron chi connectivity index (χ0n) is 31.4. The number of amides is 4. The Kier molecular flexibility index (Phi) is 11.1. The van der Waals surface area contributed by atoms with E-state index in [0.717, 1.165) is 58.3 Å². The Hall–Kier alpha value is -6.02. The number of methoxy groups -OCH3 is 1. The molecule has 4 atom stereocenters. The van der Waals surface area contributed by atoms with Gasteiger partial charge in [0.05, 0.1) is 41.3 Å². The lowest BCUT2D eigenvalue weighted by molar-refractivity contribution is -0.138. The van der Waals surface area contributed by atoms with Gasteiger partial charge in [-0.25, -0.2) is 19.6 Å². The van der Waals surface area contributed by atoms with E-state index in [1.54, 1.807) is 9.80 Å². The maximum absolute atomic E-state index is 13.6. The molecule has 2 saturated heterocycles. The van der Waals surface area contributed by atoms with Crippen molar-refractivity contribution in [2.24, 2.45) is 11.8 Å². The van der Waals surface area contributed by atoms with Crippen LogP contribution in [0.1, 0.15) is 88.2 Å². The summed E-state index contributed by atoms with van der Waals surface area (Å²) in [5.41, 5.74) is 4.58. The third-order valence-electron chi connectivity index (χ3n) is 10.2. The highest BCUT2D eigenvalue weighted by Crippen LogP contribution is 2.34. The Morgan fingerprint density at radius 1 is 0.833 bits per heavy atom. The molecule has 282 valence electrons. The smallest absolute Gasteiger partial charge is 0.407 e. The van der Waals surface area contributed by atoms with Crippen molar-refractivity contribution >= 4 is 46.1 Å². The lowest BCUT2D eigenvalue weighted by atomic mass is 10.0. The highest BCUT2D eigenvalue weighted by atomic mass is 16.5. The quantitative estimate of drug-likeness (QED) is 0.179. The number of ether oxygens (including phenoxy) is 1. The number of fused-ring (bicyclic) bond motifs is 2. The van der Waals surface area contributed by atoms with Gasteiger partial charge in [0.2, 0.25) is 11.8 Å². The molecular formula is C40H46N8O6. The van der Waals surface area contributed by atoms with Gasteiger partial charge in [-0.05, 0) is 85.8 Å². The number of benzene rings is 2. The zero-order valence-corrected chi connectivity index (χ0v) is 31.4. The summed E-state index contributed by atoms with van der Waals surface area (Å²) < 4.78 is 4.74. The molecule has 0 saturated carbocycles. The van der Waals surface area contributed by atoms with E-state index < -0.39 is 24.3 Å². The van der Waals surface area contributed by atoms with E-state index in [4.69, 9.17) is 14.7 Å². The SMILES string of the molecule is COC(=O)N[C@H](C(=O)N1CCCC1c1nc2cc(C#CC#Cc3ccc4[nH]c([C@@H]5CCCN5C(=O)[C@H](C(C)C)N(C)C(=O)O)nc4c3)ccc2[nH]1)C(C)C. The Bertz CT molecular complexity index is 2200. The van der Waals surface area contributed by atoms with Crippen LogP contribution in [-0.2, 0) is 14.3 Å². The van der Waals surface area contributed by atoms with Crippen molar-refractivity contribution in [2.45, 2.75) is 77.5 Å². The number of carboxylic acid groups (broad SMARTS) is 1. The van der Waals surface area contributed by atoms with Crippen LogP contribution in [-0.4, -0.2) is 103 Å². The van der Waals surface area contributed by atoms with Gasteiger partial charge in [0, 0.05) is 31.3 Å². The second-order valence-electron chi connectivity index (χ2n) is 14.5. The summed E-state index contributed by atoms with van der Waals surface area (Å²) in [5.74, 6) is 12.7. The maximum atomic E-state index is 13.6. The number of likely N-dealkylation sites (tertiary alicyclic amines) is 2. The number of nitrogens with one attached hydrogen (secondary N) is 3. The van der Waals surface area contributed by atoms with Gasteiger partial charge in [-0.1, -0.05) is 39.5 Å². The number of imidazole rings is 2. The number of hydrogen-bond acceptors (Lipinski definition) is 7. The van der Waals surface area contributed by atoms with Crippen LogP contribution in [0.5, 0.6) is 0 Å². The van der Waals surface area contributed by atoms with Crippen LogP contribution in [0.4, 0.5) is 9.59 Å². The maximum Gasteiger partial charge on any atom is 0.407 e. The molecule has 6 rings (SSSR count). The molecule has 2 aromatic carbocycles. The van der Waals surface area contributed by atoms with Crippen molar-refractivity contribution in [3.05, 3.63) is 59.2 Å². The average molecular weight is 735 g/mol. The van der Waals surface area contributed by atoms with Crippen LogP contribution in [0.15, 0.2) is 36.4 Å². The first-order valence-corrected chi connectivity index (χ1v) is 18.3. The molecule has 0 spiro atoms. The number of aromatic amines is 2. The summed E-state index contributed by atoms with van der Waals surface area (Å²) in [6, 6.07) is 9.36. The van der Waals surface area contributed by atoms with Crippen LogP contribution >= 0.6 is 0 Å². The fourth-order valence-electron chi connectivity index (χ4n) is 7.42. The van der Waals surface area contributed by atoms with E-state index >= 15 is 0 Å². The molecule has 2 aromatic heterocycles. The Morgan fingerprint density at radius 2 is 1.33 bits per heavy atom. The summed E-state index contributed by atoms with van der Waals surface area (Å²) in [6.45, 7) is 8.58. The predicted molar refractivity (Wildman–Crippen MR) is 202 cm³/mol. The molecule has 4 amide bonds. The summed E-state index contributed by atoms with van der Waals surface area (Å²) in [6.07, 6.45) is 1.34. The van der Waals surface area contributed by atoms with Gasteiger partial charge in [0.1, 0.15) is 23.7 Å². The topological polar surface area (TPSA) is 177 Å². The molecule has 0 radical (unpaired) electrons. The molecule has 2 fully saturated rings. The molecule has 1 unspecified atom stereocenters. The molecule has 0 aliphatic carbocycles. The second-order valence-corrected chi connectivity index (χ2v) is 14.5. The van der Waals surface area contributed by atoms with Gasteiger partial charge in [0.25, 0.3) is 0 Å². The van der Waals surface area contributed by atoms with Crippen LogP contribution < -0.4 is 5.32 Å². The Labute approximate surface area is 314 Å². The first-order chi connectivity index (χ1) is 25.9. The molecule has 54 heavy (non-hydrogen) atoms. The highest BCUT2D eigenvalue weighted by Gasteiger charge is 2.40. The lowest BCUT2D eigenvalue weighted by Gasteiger charge is -2.33. The second kappa shape index (κ2) is 15.9. The number of carbonyl (C=O) groups excluding carboxylic acids is 3. The van der Waals surface area contributed by atoms with Gasteiger partial charge < -0.3 is 34.9 Å². The van der Waals surface area contributed by atoms with Gasteiger partial charge in [-0.2, -0.15) is 0 Å². The van der Waals surface area contributed by atoms with Crippen molar-refractivity contribution < 1.29 is 29.0 Å². The van der Waals surface area contributed by atoms with Gasteiger partial charge in [-0.15, -0.1) is 0 Å². The molecule has 4 N–H and O–H groups in total. The predicted octanol–water partition coefficient (Wildman–Crippen LogP) is 5.18. The summed E-state index contributed by atoms with van der Waals surface area (Å²) in [7, 11) is 2.71. The van der Waals surface area contributed by atoms with E-state index in [2.05, 4.69) is 39.0 Å². The third kappa shape index (κ3) is 7.83. The van der Waals surface area contributed by atoms with Gasteiger partial charge >= 0.3 is 12.2 Å². The van der Waals surface area contributed by atoms with E-state index in [9.17, 15) is 24.3 Å². The third-order valence-corrected chi connectivity index (χ3v) is 10.2. The minimum absolute atomic E-state index is 0.120. The molecule has 14 nitrogen and oxygen atoms in total. The van der Waals surface area contributed by atoms with E-state index in [1.807, 2.05) is 64.1 Å². The van der Waals surface area contributed by atoms with Crippen molar-refractivity contribution in [1.29, 1.82) is 0 Å². The van der Waals surface area contributed by atoms with Gasteiger partial charge in [0.15, 0.2) is 0 Å². The van der Waals surface area contributed by atoms with Crippen molar-refractivity contribution in [3.63, 3.8) is 0 Å². The monoisotopic (exact) mass is 734 g/mol. The fraction of sp³-hybridized carbons (Fsp3) is 0.450. The number of likely N-dealkylation sites (N-methyl/N-ethyl adjacent to an activating group) is 1. The fourth-order valence-corrected chi connectivity index (χ4v) is 7.42. The van der Waals surface area contributed by atoms with Gasteiger partial charge in [-0.3, -0.25) is 14.5 Å². The molecule has 0 bridgehead atoms. The van der Waals surface area contributed by atoms with Crippen molar-refractivity contribution in [3.8, 4) is 23.7 Å². The molecule has 4 heterocycles. The van der Waals surface area contributed by atoms with Crippen molar-refractivity contribution in [1.82, 2.24) is 40.0 Å². The Balaban J connectivity index is 1.14. The zero-order chi connectivity index (χ0) is 38.7. The summed E-state index contributed by atoms with van der Waals surface area (Å²) in [4.78, 5) is 71.7. The first kappa shape index (κ1) is 37.7. The standard InChI is InChI=1S/C40H46N8O6/c1-23(2)33(45-39(51)54-6)37(49)47-19-9-13-31(47)35-41-27-17-15-25(21-29(27)43-35)11-7-8-12-26-16-18-28-30(22-26)44-36(42-28)32-14-10-20-48(32)38(50)34(24(3)4)46(5)40(52)53/h15-18,21-24,31-34H,9-10,13-14,19-20H2,1-6H3,(H,41,43)(H,42,44)(H,45,51)(H,52,53)/t31?,32-,33-,34-/m0/s1. The van der Waals surface area contributed by atoms with E-state index in [1.165, 1.54) is 14.2 Å². The number of alkyl carbamates (subject to hydrolysis) is 1. The highest BCUT2D eigenvalue weighted by molar-refractivity contribution is 5.87. The van der Waals surface area contributed by atoms with Crippen LogP contribution in [0.3, 0.4) is 0 Å². The molecular weight excluding hydrogens is 688 g/mol. The number of hydrogen-bond donors (Lipinski definition) is 4. The number of H-pyrrole nitrogens is 2. The Morgan fingerprint density at radius 3 is 1.78 bits per heavy atom. The molecule has 4 aromatic rings. The first-order valence-electron chi connectivity index (χ1n) is 18.3. The molecule has 2 aliphatic heterocycles. The number of aromatic nitrogens is 4. The van der Waals surface area contributed by atoms with E-state index in [-0.39, 0.29) is 35.7 Å². The number of carbonyl (C=O) groups is 4.